The first kappa shape index (κ1) is 14.7. The van der Waals surface area contributed by atoms with Crippen molar-refractivity contribution in [1.82, 2.24) is 5.32 Å². The molecule has 18 heavy (non-hydrogen) atoms. The molecule has 1 atom stereocenters. The summed E-state index contributed by atoms with van der Waals surface area (Å²) in [6.45, 7) is 6.55. The van der Waals surface area contributed by atoms with Gasteiger partial charge in [-0.2, -0.15) is 0 Å². The third kappa shape index (κ3) is 4.15. The molecule has 0 saturated carbocycles. The quantitative estimate of drug-likeness (QED) is 0.812. The average molecular weight is 248 g/mol. The highest BCUT2D eigenvalue weighted by Crippen LogP contribution is 2.17. The maximum Gasteiger partial charge on any atom is 0.229 e. The van der Waals surface area contributed by atoms with Crippen LogP contribution >= 0.6 is 0 Å². The zero-order chi connectivity index (χ0) is 13.6. The van der Waals surface area contributed by atoms with Gasteiger partial charge in [0.25, 0.3) is 0 Å². The van der Waals surface area contributed by atoms with Crippen molar-refractivity contribution in [3.8, 4) is 0 Å². The zero-order valence-electron chi connectivity index (χ0n) is 11.6. The molecule has 0 heterocycles. The smallest absolute Gasteiger partial charge is 0.229 e. The van der Waals surface area contributed by atoms with Crippen LogP contribution in [0.2, 0.25) is 0 Å². The summed E-state index contributed by atoms with van der Waals surface area (Å²) in [4.78, 5) is 12.3. The molecule has 3 heteroatoms. The zero-order valence-corrected chi connectivity index (χ0v) is 11.6. The van der Waals surface area contributed by atoms with Crippen LogP contribution < -0.4 is 11.1 Å². The number of amides is 1. The highest BCUT2D eigenvalue weighted by molar-refractivity contribution is 5.84. The number of hydrogen-bond donors (Lipinski definition) is 2. The second-order valence-corrected chi connectivity index (χ2v) is 5.32. The average Bonchev–Trinajstić information content (AvgIpc) is 2.30. The molecular formula is C15H24N2O. The molecule has 1 rings (SSSR count). The first-order valence-electron chi connectivity index (χ1n) is 6.57. The summed E-state index contributed by atoms with van der Waals surface area (Å²) in [6, 6.07) is 9.70. The van der Waals surface area contributed by atoms with Crippen LogP contribution in [-0.2, 0) is 4.79 Å². The number of nitrogens with two attached hydrogens (primary N) is 1. The Morgan fingerprint density at radius 3 is 2.44 bits per heavy atom. The van der Waals surface area contributed by atoms with E-state index in [1.165, 1.54) is 0 Å². The minimum absolute atomic E-state index is 0.0159. The predicted molar refractivity (Wildman–Crippen MR) is 75.4 cm³/mol. The molecule has 0 aliphatic carbocycles. The largest absolute Gasteiger partial charge is 0.351 e. The van der Waals surface area contributed by atoms with E-state index in [0.717, 1.165) is 18.4 Å². The highest BCUT2D eigenvalue weighted by atomic mass is 16.2. The molecule has 1 unspecified atom stereocenters. The van der Waals surface area contributed by atoms with Crippen molar-refractivity contribution < 1.29 is 4.79 Å². The fraction of sp³-hybridized carbons (Fsp3) is 0.533. The molecule has 0 radical (unpaired) electrons. The Balaban J connectivity index is 2.75. The third-order valence-electron chi connectivity index (χ3n) is 3.09. The predicted octanol–water partition coefficient (Wildman–Crippen LogP) is 2.42. The standard InChI is InChI=1S/C15H24N2O/c1-4-10-15(2,3)17-14(18)13(11-16)12-8-6-5-7-9-12/h5-9,13H,4,10-11,16H2,1-3H3,(H,17,18). The van der Waals surface area contributed by atoms with Crippen LogP contribution in [-0.4, -0.2) is 18.0 Å². The maximum absolute atomic E-state index is 12.3. The van der Waals surface area contributed by atoms with Crippen LogP contribution in [0.25, 0.3) is 0 Å². The number of carbonyl (C=O) groups excluding carboxylic acids is 1. The van der Waals surface area contributed by atoms with Crippen LogP contribution in [0.3, 0.4) is 0 Å². The van der Waals surface area contributed by atoms with Gasteiger partial charge >= 0.3 is 0 Å². The molecule has 0 fully saturated rings. The van der Waals surface area contributed by atoms with Crippen LogP contribution in [0, 0.1) is 0 Å². The lowest BCUT2D eigenvalue weighted by atomic mass is 9.94. The third-order valence-corrected chi connectivity index (χ3v) is 3.09. The van der Waals surface area contributed by atoms with Gasteiger partial charge in [-0.05, 0) is 25.8 Å². The molecule has 1 aromatic rings. The van der Waals surface area contributed by atoms with E-state index in [1.807, 2.05) is 44.2 Å². The van der Waals surface area contributed by atoms with Gasteiger partial charge in [0.05, 0.1) is 5.92 Å². The fourth-order valence-corrected chi connectivity index (χ4v) is 2.19. The van der Waals surface area contributed by atoms with Crippen molar-refractivity contribution >= 4 is 5.91 Å². The maximum atomic E-state index is 12.3. The van der Waals surface area contributed by atoms with Crippen LogP contribution in [0.15, 0.2) is 30.3 Å². The summed E-state index contributed by atoms with van der Waals surface area (Å²) >= 11 is 0. The molecule has 100 valence electrons. The molecule has 1 amide bonds. The summed E-state index contributed by atoms with van der Waals surface area (Å²) in [6.07, 6.45) is 2.01. The Morgan fingerprint density at radius 1 is 1.33 bits per heavy atom. The van der Waals surface area contributed by atoms with E-state index in [1.54, 1.807) is 0 Å². The van der Waals surface area contributed by atoms with Gasteiger partial charge in [0.15, 0.2) is 0 Å². The van der Waals surface area contributed by atoms with Crippen LogP contribution in [0.5, 0.6) is 0 Å². The van der Waals surface area contributed by atoms with Gasteiger partial charge in [-0.15, -0.1) is 0 Å². The summed E-state index contributed by atoms with van der Waals surface area (Å²) in [7, 11) is 0. The minimum Gasteiger partial charge on any atom is -0.351 e. The molecule has 0 bridgehead atoms. The SMILES string of the molecule is CCCC(C)(C)NC(=O)C(CN)c1ccccc1. The number of nitrogens with one attached hydrogen (secondary N) is 1. The summed E-state index contributed by atoms with van der Waals surface area (Å²) < 4.78 is 0. The van der Waals surface area contributed by atoms with E-state index < -0.39 is 0 Å². The van der Waals surface area contributed by atoms with E-state index in [0.29, 0.717) is 6.54 Å². The van der Waals surface area contributed by atoms with Crippen LogP contribution in [0.1, 0.15) is 45.1 Å². The Morgan fingerprint density at radius 2 is 1.94 bits per heavy atom. The Bertz CT molecular complexity index is 373. The van der Waals surface area contributed by atoms with E-state index >= 15 is 0 Å². The van der Waals surface area contributed by atoms with Crippen molar-refractivity contribution in [3.63, 3.8) is 0 Å². The molecule has 0 aliphatic rings. The van der Waals surface area contributed by atoms with Gasteiger partial charge < -0.3 is 11.1 Å². The van der Waals surface area contributed by atoms with Crippen LogP contribution in [0.4, 0.5) is 0 Å². The Hall–Kier alpha value is -1.35. The van der Waals surface area contributed by atoms with Gasteiger partial charge in [-0.25, -0.2) is 0 Å². The van der Waals surface area contributed by atoms with E-state index in [-0.39, 0.29) is 17.4 Å². The lowest BCUT2D eigenvalue weighted by Gasteiger charge is -2.28. The van der Waals surface area contributed by atoms with Gasteiger partial charge in [0.2, 0.25) is 5.91 Å². The van der Waals surface area contributed by atoms with Crippen molar-refractivity contribution in [2.45, 2.75) is 45.1 Å². The lowest BCUT2D eigenvalue weighted by molar-refractivity contribution is -0.124. The van der Waals surface area contributed by atoms with Crippen molar-refractivity contribution in [2.75, 3.05) is 6.54 Å². The van der Waals surface area contributed by atoms with E-state index in [9.17, 15) is 4.79 Å². The van der Waals surface area contributed by atoms with E-state index in [2.05, 4.69) is 12.2 Å². The Kier molecular flexibility index (Phi) is 5.35. The number of carbonyl (C=O) groups is 1. The topological polar surface area (TPSA) is 55.1 Å². The van der Waals surface area contributed by atoms with Gasteiger partial charge in [0, 0.05) is 12.1 Å². The molecule has 0 saturated heterocycles. The first-order valence-corrected chi connectivity index (χ1v) is 6.57. The number of rotatable bonds is 6. The van der Waals surface area contributed by atoms with Crippen molar-refractivity contribution in [2.24, 2.45) is 5.73 Å². The Labute approximate surface area is 110 Å². The summed E-state index contributed by atoms with van der Waals surface area (Å²) in [5.74, 6) is -0.246. The molecule has 0 spiro atoms. The number of hydrogen-bond acceptors (Lipinski definition) is 2. The van der Waals surface area contributed by atoms with E-state index in [4.69, 9.17) is 5.73 Å². The minimum atomic E-state index is -0.262. The molecule has 0 aromatic heterocycles. The molecular weight excluding hydrogens is 224 g/mol. The first-order chi connectivity index (χ1) is 8.50. The summed E-state index contributed by atoms with van der Waals surface area (Å²) in [5.41, 5.74) is 6.54. The van der Waals surface area contributed by atoms with Crippen molar-refractivity contribution in [1.29, 1.82) is 0 Å². The highest BCUT2D eigenvalue weighted by Gasteiger charge is 2.25. The second kappa shape index (κ2) is 6.55. The van der Waals surface area contributed by atoms with Gasteiger partial charge in [0.1, 0.15) is 0 Å². The van der Waals surface area contributed by atoms with Gasteiger partial charge in [-0.1, -0.05) is 43.7 Å². The van der Waals surface area contributed by atoms with Gasteiger partial charge in [-0.3, -0.25) is 4.79 Å². The lowest BCUT2D eigenvalue weighted by Crippen LogP contribution is -2.46. The summed E-state index contributed by atoms with van der Waals surface area (Å²) in [5, 5.41) is 3.09. The van der Waals surface area contributed by atoms with Crippen molar-refractivity contribution in [3.05, 3.63) is 35.9 Å². The fourth-order valence-electron chi connectivity index (χ4n) is 2.19. The monoisotopic (exact) mass is 248 g/mol. The molecule has 3 N–H and O–H groups in total. The molecule has 1 aromatic carbocycles. The second-order valence-electron chi connectivity index (χ2n) is 5.32. The molecule has 3 nitrogen and oxygen atoms in total. The molecule has 0 aliphatic heterocycles. The normalized spacial score (nSPS) is 13.1. The number of benzene rings is 1.